The lowest BCUT2D eigenvalue weighted by Crippen LogP contribution is -2.18. The highest BCUT2D eigenvalue weighted by molar-refractivity contribution is 9.10. The number of halogens is 1. The molecule has 1 nitrogen and oxygen atoms in total. The van der Waals surface area contributed by atoms with Gasteiger partial charge in [-0.2, -0.15) is 12.6 Å². The molecule has 0 aliphatic rings. The normalized spacial score (nSPS) is 11.4. The molecule has 0 aliphatic carbocycles. The first-order valence-corrected chi connectivity index (χ1v) is 9.55. The van der Waals surface area contributed by atoms with Crippen molar-refractivity contribution in [1.82, 2.24) is 4.90 Å². The third-order valence-electron chi connectivity index (χ3n) is 3.25. The second kappa shape index (κ2) is 11.2. The molecule has 0 bridgehead atoms. The van der Waals surface area contributed by atoms with E-state index in [9.17, 15) is 0 Å². The van der Waals surface area contributed by atoms with Crippen LogP contribution in [0.15, 0.2) is 15.9 Å². The zero-order valence-electron chi connectivity index (χ0n) is 11.9. The maximum Gasteiger partial charge on any atom is 0.0325 e. The molecule has 1 heterocycles. The van der Waals surface area contributed by atoms with E-state index < -0.39 is 0 Å². The van der Waals surface area contributed by atoms with Gasteiger partial charge in [-0.25, -0.2) is 0 Å². The number of thiol groups is 1. The van der Waals surface area contributed by atoms with Gasteiger partial charge in [-0.3, -0.25) is 0 Å². The van der Waals surface area contributed by atoms with Crippen LogP contribution in [0.5, 0.6) is 0 Å². The highest BCUT2D eigenvalue weighted by atomic mass is 79.9. The second-order valence-electron chi connectivity index (χ2n) is 5.17. The molecule has 0 N–H and O–H groups in total. The van der Waals surface area contributed by atoms with Gasteiger partial charge in [0.05, 0.1) is 0 Å². The van der Waals surface area contributed by atoms with Gasteiger partial charge in [-0.05, 0) is 54.2 Å². The van der Waals surface area contributed by atoms with E-state index in [1.807, 2.05) is 11.3 Å². The van der Waals surface area contributed by atoms with Gasteiger partial charge in [0, 0.05) is 21.3 Å². The Morgan fingerprint density at radius 1 is 1.11 bits per heavy atom. The predicted molar refractivity (Wildman–Crippen MR) is 94.5 cm³/mol. The average Bonchev–Trinajstić information content (AvgIpc) is 2.78. The molecule has 1 rings (SSSR count). The van der Waals surface area contributed by atoms with Crippen LogP contribution in [0.25, 0.3) is 0 Å². The molecule has 0 aromatic carbocycles. The van der Waals surface area contributed by atoms with E-state index in [1.54, 1.807) is 0 Å². The van der Waals surface area contributed by atoms with Crippen molar-refractivity contribution in [2.75, 3.05) is 19.3 Å². The van der Waals surface area contributed by atoms with Crippen LogP contribution in [0, 0.1) is 0 Å². The van der Waals surface area contributed by atoms with Crippen LogP contribution in [-0.2, 0) is 6.54 Å². The quantitative estimate of drug-likeness (QED) is 0.395. The van der Waals surface area contributed by atoms with Crippen molar-refractivity contribution >= 4 is 39.9 Å². The predicted octanol–water partition coefficient (Wildman–Crippen LogP) is 5.60. The van der Waals surface area contributed by atoms with Gasteiger partial charge in [-0.1, -0.05) is 32.1 Å². The fourth-order valence-electron chi connectivity index (χ4n) is 2.16. The first kappa shape index (κ1) is 17.5. The van der Waals surface area contributed by atoms with Crippen LogP contribution >= 0.6 is 39.9 Å². The first-order chi connectivity index (χ1) is 9.22. The minimum absolute atomic E-state index is 1.05. The van der Waals surface area contributed by atoms with Crippen molar-refractivity contribution in [2.45, 2.75) is 51.5 Å². The van der Waals surface area contributed by atoms with Gasteiger partial charge in [0.1, 0.15) is 0 Å². The van der Waals surface area contributed by atoms with E-state index in [0.717, 1.165) is 12.3 Å². The molecular weight excluding hydrogens is 338 g/mol. The maximum atomic E-state index is 4.24. The molecule has 0 atom stereocenters. The monoisotopic (exact) mass is 363 g/mol. The lowest BCUT2D eigenvalue weighted by atomic mass is 10.1. The summed E-state index contributed by atoms with van der Waals surface area (Å²) in [6, 6.07) is 2.22. The zero-order chi connectivity index (χ0) is 13.9. The Bertz CT molecular complexity index is 328. The van der Waals surface area contributed by atoms with Crippen LogP contribution in [-0.4, -0.2) is 24.2 Å². The lowest BCUT2D eigenvalue weighted by Gasteiger charge is -2.15. The van der Waals surface area contributed by atoms with E-state index in [1.165, 1.54) is 60.8 Å². The number of unbranched alkanes of at least 4 members (excludes halogenated alkanes) is 6. The van der Waals surface area contributed by atoms with Gasteiger partial charge >= 0.3 is 0 Å². The Labute approximate surface area is 136 Å². The Kier molecular flexibility index (Phi) is 10.3. The largest absolute Gasteiger partial charge is 0.301 e. The van der Waals surface area contributed by atoms with Crippen LogP contribution in [0.1, 0.15) is 49.8 Å². The highest BCUT2D eigenvalue weighted by Crippen LogP contribution is 2.20. The summed E-state index contributed by atoms with van der Waals surface area (Å²) in [4.78, 5) is 3.88. The van der Waals surface area contributed by atoms with Gasteiger partial charge in [0.15, 0.2) is 0 Å². The molecule has 1 aromatic rings. The number of hydrogen-bond acceptors (Lipinski definition) is 3. The molecule has 4 heteroatoms. The van der Waals surface area contributed by atoms with Crippen LogP contribution < -0.4 is 0 Å². The van der Waals surface area contributed by atoms with Gasteiger partial charge < -0.3 is 4.90 Å². The molecule has 0 unspecified atom stereocenters. The van der Waals surface area contributed by atoms with Crippen LogP contribution in [0.4, 0.5) is 0 Å². The fourth-order valence-corrected chi connectivity index (χ4v) is 3.91. The van der Waals surface area contributed by atoms with Crippen LogP contribution in [0.3, 0.4) is 0 Å². The summed E-state index contributed by atoms with van der Waals surface area (Å²) in [5.41, 5.74) is 0. The number of hydrogen-bond donors (Lipinski definition) is 1. The smallest absolute Gasteiger partial charge is 0.0325 e. The Balaban J connectivity index is 1.94. The van der Waals surface area contributed by atoms with E-state index in [2.05, 4.69) is 52.0 Å². The summed E-state index contributed by atoms with van der Waals surface area (Å²) in [6.07, 6.45) is 9.52. The molecule has 1 aromatic heterocycles. The third-order valence-corrected chi connectivity index (χ3v) is 5.24. The van der Waals surface area contributed by atoms with E-state index >= 15 is 0 Å². The molecule has 19 heavy (non-hydrogen) atoms. The number of rotatable bonds is 11. The van der Waals surface area contributed by atoms with Crippen molar-refractivity contribution in [3.05, 3.63) is 20.8 Å². The Morgan fingerprint density at radius 3 is 2.32 bits per heavy atom. The van der Waals surface area contributed by atoms with Crippen molar-refractivity contribution in [3.8, 4) is 0 Å². The highest BCUT2D eigenvalue weighted by Gasteiger charge is 2.02. The molecule has 0 radical (unpaired) electrons. The molecule has 0 aliphatic heterocycles. The molecule has 0 spiro atoms. The number of nitrogens with zero attached hydrogens (tertiary/aromatic N) is 1. The Hall–Kier alpha value is 0.490. The number of thiophene rings is 1. The summed E-state index contributed by atoms with van der Waals surface area (Å²) in [7, 11) is 2.22. The minimum atomic E-state index is 1.05. The van der Waals surface area contributed by atoms with Crippen molar-refractivity contribution < 1.29 is 0 Å². The SMILES string of the molecule is CN(CCCCCCCCCS)Cc1cc(Br)cs1. The summed E-state index contributed by atoms with van der Waals surface area (Å²) in [6.45, 7) is 2.30. The van der Waals surface area contributed by atoms with Crippen LogP contribution in [0.2, 0.25) is 0 Å². The standard InChI is InChI=1S/C15H26BrNS2/c1-17(12-15-11-14(16)13-19-15)9-7-5-3-2-4-6-8-10-18/h11,13,18H,2-10,12H2,1H3. The Morgan fingerprint density at radius 2 is 1.74 bits per heavy atom. The summed E-state index contributed by atoms with van der Waals surface area (Å²) >= 11 is 9.58. The van der Waals surface area contributed by atoms with Gasteiger partial charge in [0.2, 0.25) is 0 Å². The summed E-state index contributed by atoms with van der Waals surface area (Å²) in [5, 5.41) is 2.16. The maximum absolute atomic E-state index is 4.24. The van der Waals surface area contributed by atoms with Crippen molar-refractivity contribution in [2.24, 2.45) is 0 Å². The van der Waals surface area contributed by atoms with E-state index in [-0.39, 0.29) is 0 Å². The molecule has 0 saturated heterocycles. The molecular formula is C15H26BrNS2. The third kappa shape index (κ3) is 9.11. The lowest BCUT2D eigenvalue weighted by molar-refractivity contribution is 0.319. The molecule has 110 valence electrons. The second-order valence-corrected chi connectivity index (χ2v) is 7.53. The van der Waals surface area contributed by atoms with E-state index in [0.29, 0.717) is 0 Å². The topological polar surface area (TPSA) is 3.24 Å². The van der Waals surface area contributed by atoms with E-state index in [4.69, 9.17) is 0 Å². The van der Waals surface area contributed by atoms with Gasteiger partial charge in [0.25, 0.3) is 0 Å². The molecule has 0 saturated carbocycles. The first-order valence-electron chi connectivity index (χ1n) is 7.24. The minimum Gasteiger partial charge on any atom is -0.301 e. The summed E-state index contributed by atoms with van der Waals surface area (Å²) in [5.74, 6) is 1.05. The van der Waals surface area contributed by atoms with Crippen molar-refractivity contribution in [3.63, 3.8) is 0 Å². The van der Waals surface area contributed by atoms with Crippen molar-refractivity contribution in [1.29, 1.82) is 0 Å². The molecule has 0 fully saturated rings. The summed E-state index contributed by atoms with van der Waals surface area (Å²) < 4.78 is 1.21. The fraction of sp³-hybridized carbons (Fsp3) is 0.733. The molecule has 0 amide bonds. The van der Waals surface area contributed by atoms with Gasteiger partial charge in [-0.15, -0.1) is 11.3 Å². The average molecular weight is 364 g/mol. The zero-order valence-corrected chi connectivity index (χ0v) is 15.2.